The van der Waals surface area contributed by atoms with Crippen molar-refractivity contribution in [2.75, 3.05) is 31.7 Å². The summed E-state index contributed by atoms with van der Waals surface area (Å²) >= 11 is 0. The van der Waals surface area contributed by atoms with Gasteiger partial charge in [0.2, 0.25) is 0 Å². The van der Waals surface area contributed by atoms with Gasteiger partial charge in [0.05, 0.1) is 12.6 Å². The van der Waals surface area contributed by atoms with Gasteiger partial charge in [0.15, 0.2) is 0 Å². The number of rotatable bonds is 4. The Bertz CT molecular complexity index is 367. The number of nitrogens with one attached hydrogen (secondary N) is 1. The highest BCUT2D eigenvalue weighted by atomic mass is 16.5. The third kappa shape index (κ3) is 2.84. The first-order valence-electron chi connectivity index (χ1n) is 5.92. The fourth-order valence-corrected chi connectivity index (χ4v) is 2.10. The van der Waals surface area contributed by atoms with Crippen LogP contribution in [0.25, 0.3) is 0 Å². The number of nitrogens with zero attached hydrogens (tertiary/aromatic N) is 1. The van der Waals surface area contributed by atoms with Crippen molar-refractivity contribution in [2.24, 2.45) is 0 Å². The van der Waals surface area contributed by atoms with E-state index in [1.807, 2.05) is 42.3 Å². The van der Waals surface area contributed by atoms with E-state index in [-0.39, 0.29) is 18.6 Å². The maximum absolute atomic E-state index is 11.9. The molecule has 4 nitrogen and oxygen atoms in total. The van der Waals surface area contributed by atoms with Gasteiger partial charge < -0.3 is 15.0 Å². The van der Waals surface area contributed by atoms with E-state index in [9.17, 15) is 4.79 Å². The number of ether oxygens (including phenoxy) is 1. The molecule has 1 saturated heterocycles. The normalized spacial score (nSPS) is 20.6. The van der Waals surface area contributed by atoms with Crippen molar-refractivity contribution in [2.45, 2.75) is 12.5 Å². The van der Waals surface area contributed by atoms with Crippen LogP contribution in [0.1, 0.15) is 6.42 Å². The predicted molar refractivity (Wildman–Crippen MR) is 67.1 cm³/mol. The summed E-state index contributed by atoms with van der Waals surface area (Å²) in [5.74, 6) is 0.0450. The number of anilines is 1. The van der Waals surface area contributed by atoms with Crippen LogP contribution >= 0.6 is 0 Å². The van der Waals surface area contributed by atoms with Gasteiger partial charge in [0, 0.05) is 5.69 Å². The second-order valence-corrected chi connectivity index (χ2v) is 4.16. The summed E-state index contributed by atoms with van der Waals surface area (Å²) in [6.07, 6.45) is 0.900. The van der Waals surface area contributed by atoms with E-state index in [1.165, 1.54) is 0 Å². The summed E-state index contributed by atoms with van der Waals surface area (Å²) in [4.78, 5) is 13.8. The van der Waals surface area contributed by atoms with Crippen molar-refractivity contribution >= 4 is 11.6 Å². The molecule has 0 saturated carbocycles. The van der Waals surface area contributed by atoms with Crippen LogP contribution in [0.15, 0.2) is 30.3 Å². The predicted octanol–water partition coefficient (Wildman–Crippen LogP) is 1.03. The minimum atomic E-state index is 0.0450. The summed E-state index contributed by atoms with van der Waals surface area (Å²) in [5, 5.41) is 3.11. The Morgan fingerprint density at radius 2 is 2.18 bits per heavy atom. The lowest BCUT2D eigenvalue weighted by Crippen LogP contribution is -2.50. The molecule has 1 aliphatic heterocycles. The van der Waals surface area contributed by atoms with E-state index < -0.39 is 0 Å². The smallest absolute Gasteiger partial charge is 0.253 e. The molecule has 1 aromatic rings. The molecule has 1 aliphatic rings. The van der Waals surface area contributed by atoms with Crippen LogP contribution in [0.4, 0.5) is 5.69 Å². The van der Waals surface area contributed by atoms with Crippen molar-refractivity contribution in [1.82, 2.24) is 5.32 Å². The van der Waals surface area contributed by atoms with E-state index in [4.69, 9.17) is 4.74 Å². The number of hydrogen-bond acceptors (Lipinski definition) is 3. The molecule has 1 aromatic carbocycles. The minimum Gasteiger partial charge on any atom is -0.369 e. The number of benzene rings is 1. The molecule has 0 aromatic heterocycles. The maximum Gasteiger partial charge on any atom is 0.253 e. The molecule has 1 amide bonds. The van der Waals surface area contributed by atoms with Crippen molar-refractivity contribution in [3.63, 3.8) is 0 Å². The van der Waals surface area contributed by atoms with Crippen LogP contribution in [0, 0.1) is 0 Å². The number of morpholine rings is 1. The molecule has 0 bridgehead atoms. The summed E-state index contributed by atoms with van der Waals surface area (Å²) in [5.41, 5.74) is 0.960. The Hall–Kier alpha value is -1.39. The molecule has 4 heteroatoms. The summed E-state index contributed by atoms with van der Waals surface area (Å²) in [6.45, 7) is 1.68. The van der Waals surface area contributed by atoms with E-state index in [1.54, 1.807) is 0 Å². The van der Waals surface area contributed by atoms with Crippen molar-refractivity contribution in [3.8, 4) is 0 Å². The molecular weight excluding hydrogens is 216 g/mol. The monoisotopic (exact) mass is 234 g/mol. The first-order chi connectivity index (χ1) is 8.33. The molecule has 1 N–H and O–H groups in total. The van der Waals surface area contributed by atoms with Crippen LogP contribution in [0.5, 0.6) is 0 Å². The summed E-state index contributed by atoms with van der Waals surface area (Å²) in [6, 6.07) is 9.92. The maximum atomic E-state index is 11.9. The zero-order valence-electron chi connectivity index (χ0n) is 10.1. The van der Waals surface area contributed by atoms with Gasteiger partial charge in [-0.2, -0.15) is 0 Å². The van der Waals surface area contributed by atoms with Gasteiger partial charge in [0.1, 0.15) is 6.61 Å². The van der Waals surface area contributed by atoms with Gasteiger partial charge in [-0.25, -0.2) is 0 Å². The lowest BCUT2D eigenvalue weighted by Gasteiger charge is -2.35. The molecule has 17 heavy (non-hydrogen) atoms. The molecule has 92 valence electrons. The molecular formula is C13H18N2O2. The Morgan fingerprint density at radius 3 is 2.88 bits per heavy atom. The topological polar surface area (TPSA) is 41.6 Å². The number of amides is 1. The molecule has 1 fully saturated rings. The Kier molecular flexibility index (Phi) is 4.12. The van der Waals surface area contributed by atoms with E-state index in [0.29, 0.717) is 6.61 Å². The third-order valence-electron chi connectivity index (χ3n) is 2.93. The first-order valence-corrected chi connectivity index (χ1v) is 5.92. The zero-order chi connectivity index (χ0) is 12.1. The second kappa shape index (κ2) is 5.80. The van der Waals surface area contributed by atoms with Crippen molar-refractivity contribution < 1.29 is 9.53 Å². The Morgan fingerprint density at radius 1 is 1.41 bits per heavy atom. The average Bonchev–Trinajstić information content (AvgIpc) is 2.37. The van der Waals surface area contributed by atoms with Crippen LogP contribution < -0.4 is 10.2 Å². The standard InChI is InChI=1S/C13H18N2O2/c1-14-8-7-12-9-17-10-13(16)15(12)11-5-3-2-4-6-11/h2-6,12,14H,7-10H2,1H3. The molecule has 1 heterocycles. The highest BCUT2D eigenvalue weighted by Crippen LogP contribution is 2.21. The van der Waals surface area contributed by atoms with Gasteiger partial charge >= 0.3 is 0 Å². The van der Waals surface area contributed by atoms with Crippen LogP contribution in [-0.4, -0.2) is 38.8 Å². The Balaban J connectivity index is 2.16. The zero-order valence-corrected chi connectivity index (χ0v) is 10.1. The van der Waals surface area contributed by atoms with Gasteiger partial charge in [-0.3, -0.25) is 4.79 Å². The highest BCUT2D eigenvalue weighted by molar-refractivity contribution is 5.95. The van der Waals surface area contributed by atoms with Gasteiger partial charge in [-0.1, -0.05) is 18.2 Å². The molecule has 2 rings (SSSR count). The minimum absolute atomic E-state index is 0.0450. The van der Waals surface area contributed by atoms with Crippen molar-refractivity contribution in [1.29, 1.82) is 0 Å². The number of carbonyl (C=O) groups is 1. The highest BCUT2D eigenvalue weighted by Gasteiger charge is 2.29. The first kappa shape index (κ1) is 12.1. The van der Waals surface area contributed by atoms with Gasteiger partial charge in [-0.05, 0) is 32.1 Å². The molecule has 1 unspecified atom stereocenters. The SMILES string of the molecule is CNCCC1COCC(=O)N1c1ccccc1. The number of carbonyl (C=O) groups excluding carboxylic acids is 1. The van der Waals surface area contributed by atoms with E-state index >= 15 is 0 Å². The van der Waals surface area contributed by atoms with Crippen molar-refractivity contribution in [3.05, 3.63) is 30.3 Å². The largest absolute Gasteiger partial charge is 0.369 e. The molecule has 0 aliphatic carbocycles. The second-order valence-electron chi connectivity index (χ2n) is 4.16. The van der Waals surface area contributed by atoms with E-state index in [0.717, 1.165) is 18.7 Å². The fraction of sp³-hybridized carbons (Fsp3) is 0.462. The molecule has 0 spiro atoms. The number of hydrogen-bond donors (Lipinski definition) is 1. The quantitative estimate of drug-likeness (QED) is 0.846. The van der Waals surface area contributed by atoms with Crippen LogP contribution in [-0.2, 0) is 9.53 Å². The van der Waals surface area contributed by atoms with Gasteiger partial charge in [-0.15, -0.1) is 0 Å². The summed E-state index contributed by atoms with van der Waals surface area (Å²) < 4.78 is 5.32. The van der Waals surface area contributed by atoms with E-state index in [2.05, 4.69) is 5.32 Å². The Labute approximate surface area is 102 Å². The van der Waals surface area contributed by atoms with Gasteiger partial charge in [0.25, 0.3) is 5.91 Å². The fourth-order valence-electron chi connectivity index (χ4n) is 2.10. The lowest BCUT2D eigenvalue weighted by atomic mass is 10.1. The number of para-hydroxylation sites is 1. The average molecular weight is 234 g/mol. The summed E-state index contributed by atoms with van der Waals surface area (Å²) in [7, 11) is 1.92. The molecule has 1 atom stereocenters. The molecule has 0 radical (unpaired) electrons. The van der Waals surface area contributed by atoms with Crippen LogP contribution in [0.2, 0.25) is 0 Å². The lowest BCUT2D eigenvalue weighted by molar-refractivity contribution is -0.127. The van der Waals surface area contributed by atoms with Crippen LogP contribution in [0.3, 0.4) is 0 Å². The third-order valence-corrected chi connectivity index (χ3v) is 2.93.